The fourth-order valence-corrected chi connectivity index (χ4v) is 2.61. The van der Waals surface area contributed by atoms with Gasteiger partial charge in [-0.05, 0) is 18.4 Å². The minimum atomic E-state index is -0.116. The minimum Gasteiger partial charge on any atom is -0.282 e. The number of thiol groups is 1. The fraction of sp³-hybridized carbons (Fsp3) is 0.588. The molecule has 0 spiro atoms. The molecule has 0 amide bonds. The molecule has 1 nitrogen and oxygen atoms in total. The number of carbonyl (C=O) groups is 1. The molecule has 0 N–H and O–H groups in total. The average Bonchev–Trinajstić information content (AvgIpc) is 2.42. The van der Waals surface area contributed by atoms with E-state index < -0.39 is 0 Å². The summed E-state index contributed by atoms with van der Waals surface area (Å²) >= 11 is 3.93. The van der Waals surface area contributed by atoms with Gasteiger partial charge in [0.25, 0.3) is 0 Å². The Hall–Kier alpha value is -0.760. The van der Waals surface area contributed by atoms with E-state index in [2.05, 4.69) is 19.6 Å². The third kappa shape index (κ3) is 6.81. The zero-order valence-corrected chi connectivity index (χ0v) is 12.9. The number of hydrogen-bond acceptors (Lipinski definition) is 1. The number of rotatable bonds is 10. The summed E-state index contributed by atoms with van der Waals surface area (Å²) in [7, 11) is 0. The minimum absolute atomic E-state index is 0.116. The van der Waals surface area contributed by atoms with Gasteiger partial charge in [-0.3, -0.25) is 4.79 Å². The van der Waals surface area contributed by atoms with Crippen molar-refractivity contribution in [2.75, 3.05) is 0 Å². The lowest BCUT2D eigenvalue weighted by atomic mass is 10.0. The van der Waals surface area contributed by atoms with E-state index in [9.17, 15) is 4.79 Å². The summed E-state index contributed by atoms with van der Waals surface area (Å²) in [6.45, 7) is 2.25. The third-order valence-corrected chi connectivity index (χ3v) is 3.79. The first-order valence-electron chi connectivity index (χ1n) is 7.57. The molecule has 0 fully saturated rings. The van der Waals surface area contributed by atoms with E-state index in [4.69, 9.17) is 0 Å². The Morgan fingerprint density at radius 3 is 2.16 bits per heavy atom. The van der Waals surface area contributed by atoms with Gasteiger partial charge in [-0.25, -0.2) is 0 Å². The smallest absolute Gasteiger partial charge is 0.216 e. The molecule has 0 aliphatic heterocycles. The molecule has 19 heavy (non-hydrogen) atoms. The van der Waals surface area contributed by atoms with Gasteiger partial charge in [0.15, 0.2) is 0 Å². The molecule has 0 saturated heterocycles. The fourth-order valence-electron chi connectivity index (χ4n) is 2.40. The van der Waals surface area contributed by atoms with Crippen molar-refractivity contribution in [1.82, 2.24) is 0 Å². The first-order valence-corrected chi connectivity index (χ1v) is 8.01. The highest BCUT2D eigenvalue weighted by Gasteiger charge is 2.06. The van der Waals surface area contributed by atoms with Gasteiger partial charge >= 0.3 is 0 Å². The largest absolute Gasteiger partial charge is 0.282 e. The Labute approximate surface area is 123 Å². The Morgan fingerprint density at radius 1 is 0.947 bits per heavy atom. The van der Waals surface area contributed by atoms with E-state index >= 15 is 0 Å². The molecule has 0 heterocycles. The van der Waals surface area contributed by atoms with Gasteiger partial charge in [-0.15, -0.1) is 12.6 Å². The van der Waals surface area contributed by atoms with Gasteiger partial charge in [0.1, 0.15) is 0 Å². The van der Waals surface area contributed by atoms with Gasteiger partial charge in [0.2, 0.25) is 5.12 Å². The zero-order valence-electron chi connectivity index (χ0n) is 12.0. The van der Waals surface area contributed by atoms with Crippen LogP contribution in [0.15, 0.2) is 24.3 Å². The number of carbonyl (C=O) groups excluding carboxylic acids is 1. The number of hydrogen-bond donors (Lipinski definition) is 1. The van der Waals surface area contributed by atoms with Crippen LogP contribution in [-0.2, 0) is 6.42 Å². The molecular weight excluding hydrogens is 252 g/mol. The second-order valence-corrected chi connectivity index (χ2v) is 5.59. The van der Waals surface area contributed by atoms with Crippen molar-refractivity contribution in [2.24, 2.45) is 0 Å². The van der Waals surface area contributed by atoms with Crippen LogP contribution in [0.2, 0.25) is 0 Å². The summed E-state index contributed by atoms with van der Waals surface area (Å²) in [5.41, 5.74) is 1.92. The molecule has 1 rings (SSSR count). The van der Waals surface area contributed by atoms with E-state index in [1.807, 2.05) is 24.3 Å². The first-order chi connectivity index (χ1) is 9.25. The molecule has 0 atom stereocenters. The maximum atomic E-state index is 11.4. The average molecular weight is 278 g/mol. The van der Waals surface area contributed by atoms with Crippen molar-refractivity contribution >= 4 is 17.7 Å². The lowest BCUT2D eigenvalue weighted by Crippen LogP contribution is -1.97. The predicted octanol–water partition coefficient (Wildman–Crippen LogP) is 5.44. The van der Waals surface area contributed by atoms with Crippen molar-refractivity contribution in [3.05, 3.63) is 35.4 Å². The van der Waals surface area contributed by atoms with Gasteiger partial charge in [-0.1, -0.05) is 76.1 Å². The van der Waals surface area contributed by atoms with E-state index in [1.165, 1.54) is 51.4 Å². The Bertz CT molecular complexity index is 373. The lowest BCUT2D eigenvalue weighted by Gasteiger charge is -2.06. The molecule has 2 heteroatoms. The molecule has 0 aliphatic rings. The number of benzene rings is 1. The van der Waals surface area contributed by atoms with Gasteiger partial charge < -0.3 is 0 Å². The van der Waals surface area contributed by atoms with Gasteiger partial charge in [0, 0.05) is 5.56 Å². The molecule has 1 aromatic rings. The van der Waals surface area contributed by atoms with E-state index in [1.54, 1.807) is 0 Å². The molecule has 0 bridgehead atoms. The second kappa shape index (κ2) is 10.1. The zero-order chi connectivity index (χ0) is 13.9. The normalized spacial score (nSPS) is 10.6. The molecule has 0 aliphatic carbocycles. The van der Waals surface area contributed by atoms with E-state index in [-0.39, 0.29) is 5.12 Å². The van der Waals surface area contributed by atoms with E-state index in [0.29, 0.717) is 0 Å². The quantitative estimate of drug-likeness (QED) is 0.445. The summed E-state index contributed by atoms with van der Waals surface area (Å²) in [5.74, 6) is 0. The molecule has 0 radical (unpaired) electrons. The monoisotopic (exact) mass is 278 g/mol. The summed E-state index contributed by atoms with van der Waals surface area (Å²) in [6, 6.07) is 7.82. The molecule has 106 valence electrons. The highest BCUT2D eigenvalue weighted by molar-refractivity contribution is 7.97. The molecule has 1 aromatic carbocycles. The van der Waals surface area contributed by atoms with Crippen LogP contribution < -0.4 is 0 Å². The predicted molar refractivity (Wildman–Crippen MR) is 86.1 cm³/mol. The highest BCUT2D eigenvalue weighted by Crippen LogP contribution is 2.16. The van der Waals surface area contributed by atoms with Crippen LogP contribution in [0.1, 0.15) is 74.2 Å². The topological polar surface area (TPSA) is 17.1 Å². The number of unbranched alkanes of at least 4 members (excludes halogenated alkanes) is 7. The van der Waals surface area contributed by atoms with Crippen LogP contribution in [0.5, 0.6) is 0 Å². The highest BCUT2D eigenvalue weighted by atomic mass is 32.1. The van der Waals surface area contributed by atoms with Crippen LogP contribution >= 0.6 is 12.6 Å². The summed E-state index contributed by atoms with van der Waals surface area (Å²) in [6.07, 6.45) is 11.6. The lowest BCUT2D eigenvalue weighted by molar-refractivity contribution is 0.109. The Morgan fingerprint density at radius 2 is 1.53 bits per heavy atom. The summed E-state index contributed by atoms with van der Waals surface area (Å²) < 4.78 is 0. The first kappa shape index (κ1) is 16.3. The molecule has 0 aromatic heterocycles. The van der Waals surface area contributed by atoms with Crippen molar-refractivity contribution in [2.45, 2.75) is 64.7 Å². The maximum absolute atomic E-state index is 11.4. The van der Waals surface area contributed by atoms with Crippen LogP contribution in [0.4, 0.5) is 0 Å². The Balaban J connectivity index is 2.17. The molecular formula is C17H26OS. The summed E-state index contributed by atoms with van der Waals surface area (Å²) in [4.78, 5) is 11.4. The standard InChI is InChI=1S/C17H26OS/c1-2-3-4-5-6-7-8-9-12-15-13-10-11-14-16(15)17(18)19/h10-11,13-14H,2-9,12H2,1H3,(H,18,19). The van der Waals surface area contributed by atoms with Crippen molar-refractivity contribution < 1.29 is 4.79 Å². The van der Waals surface area contributed by atoms with Crippen LogP contribution in [0, 0.1) is 0 Å². The SMILES string of the molecule is CCCCCCCCCCc1ccccc1C(=O)S. The van der Waals surface area contributed by atoms with Crippen molar-refractivity contribution in [1.29, 1.82) is 0 Å². The third-order valence-electron chi connectivity index (χ3n) is 3.55. The maximum Gasteiger partial charge on any atom is 0.216 e. The van der Waals surface area contributed by atoms with Gasteiger partial charge in [-0.2, -0.15) is 0 Å². The second-order valence-electron chi connectivity index (χ2n) is 5.19. The van der Waals surface area contributed by atoms with Gasteiger partial charge in [0.05, 0.1) is 0 Å². The van der Waals surface area contributed by atoms with Crippen LogP contribution in [-0.4, -0.2) is 5.12 Å². The summed E-state index contributed by atoms with van der Waals surface area (Å²) in [5, 5.41) is -0.116. The van der Waals surface area contributed by atoms with E-state index in [0.717, 1.165) is 17.5 Å². The molecule has 0 unspecified atom stereocenters. The van der Waals surface area contributed by atoms with Crippen LogP contribution in [0.25, 0.3) is 0 Å². The number of aryl methyl sites for hydroxylation is 1. The van der Waals surface area contributed by atoms with Crippen molar-refractivity contribution in [3.63, 3.8) is 0 Å². The molecule has 0 saturated carbocycles. The Kier molecular flexibility index (Phi) is 8.64. The van der Waals surface area contributed by atoms with Crippen molar-refractivity contribution in [3.8, 4) is 0 Å². The van der Waals surface area contributed by atoms with Crippen LogP contribution in [0.3, 0.4) is 0 Å².